The lowest BCUT2D eigenvalue weighted by Gasteiger charge is -2.25. The molecule has 1 aliphatic heterocycles. The lowest BCUT2D eigenvalue weighted by Crippen LogP contribution is -2.34. The average Bonchev–Trinajstić information content (AvgIpc) is 2.87. The summed E-state index contributed by atoms with van der Waals surface area (Å²) in [5.74, 6) is 0.699. The maximum absolute atomic E-state index is 12.7. The van der Waals surface area contributed by atoms with E-state index in [4.69, 9.17) is 11.6 Å². The van der Waals surface area contributed by atoms with Crippen molar-refractivity contribution < 1.29 is 4.79 Å². The van der Waals surface area contributed by atoms with Gasteiger partial charge in [0.1, 0.15) is 0 Å². The van der Waals surface area contributed by atoms with E-state index in [0.717, 1.165) is 37.4 Å². The molecule has 3 rings (SSSR count). The monoisotopic (exact) mass is 341 g/mol. The van der Waals surface area contributed by atoms with E-state index < -0.39 is 0 Å². The van der Waals surface area contributed by atoms with Crippen molar-refractivity contribution in [3.05, 3.63) is 70.7 Å². The van der Waals surface area contributed by atoms with Crippen molar-refractivity contribution >= 4 is 17.5 Å². The Bertz CT molecular complexity index is 653. The van der Waals surface area contributed by atoms with Crippen LogP contribution in [0, 0.1) is 0 Å². The molecule has 0 saturated carbocycles. The first-order chi connectivity index (χ1) is 11.7. The normalized spacial score (nSPS) is 18.2. The molecule has 1 saturated heterocycles. The third-order valence-corrected chi connectivity index (χ3v) is 5.09. The van der Waals surface area contributed by atoms with Crippen LogP contribution in [0.4, 0.5) is 0 Å². The molecule has 2 nitrogen and oxygen atoms in total. The van der Waals surface area contributed by atoms with Gasteiger partial charge in [0.15, 0.2) is 0 Å². The number of rotatable bonds is 4. The van der Waals surface area contributed by atoms with E-state index in [-0.39, 0.29) is 5.91 Å². The van der Waals surface area contributed by atoms with Crippen LogP contribution in [0.25, 0.3) is 0 Å². The van der Waals surface area contributed by atoms with E-state index in [1.165, 1.54) is 17.5 Å². The first-order valence-electron chi connectivity index (χ1n) is 8.79. The number of halogens is 1. The highest BCUT2D eigenvalue weighted by atomic mass is 35.5. The highest BCUT2D eigenvalue weighted by Gasteiger charge is 2.22. The van der Waals surface area contributed by atoms with Crippen LogP contribution in [0.15, 0.2) is 54.6 Å². The van der Waals surface area contributed by atoms with Crippen LogP contribution in [0.3, 0.4) is 0 Å². The summed E-state index contributed by atoms with van der Waals surface area (Å²) in [4.78, 5) is 14.7. The average molecular weight is 342 g/mol. The number of carbonyl (C=O) groups excluding carboxylic acids is 1. The van der Waals surface area contributed by atoms with Crippen molar-refractivity contribution in [3.8, 4) is 0 Å². The molecule has 24 heavy (non-hydrogen) atoms. The van der Waals surface area contributed by atoms with Crippen LogP contribution in [-0.2, 0) is 11.2 Å². The minimum Gasteiger partial charge on any atom is -0.342 e. The van der Waals surface area contributed by atoms with Crippen molar-refractivity contribution in [2.45, 2.75) is 38.0 Å². The summed E-state index contributed by atoms with van der Waals surface area (Å²) in [6, 6.07) is 18.3. The largest absolute Gasteiger partial charge is 0.342 e. The van der Waals surface area contributed by atoms with Gasteiger partial charge in [-0.15, -0.1) is 0 Å². The number of aryl methyl sites for hydroxylation is 1. The van der Waals surface area contributed by atoms with Crippen molar-refractivity contribution in [2.75, 3.05) is 13.1 Å². The molecule has 1 fully saturated rings. The van der Waals surface area contributed by atoms with Crippen LogP contribution < -0.4 is 0 Å². The van der Waals surface area contributed by atoms with Crippen molar-refractivity contribution in [1.82, 2.24) is 4.90 Å². The lowest BCUT2D eigenvalue weighted by atomic mass is 9.94. The van der Waals surface area contributed by atoms with Gasteiger partial charge in [0, 0.05) is 30.5 Å². The summed E-state index contributed by atoms with van der Waals surface area (Å²) in [5, 5.41) is 0.767. The molecule has 0 radical (unpaired) electrons. The highest BCUT2D eigenvalue weighted by molar-refractivity contribution is 6.30. The number of amides is 1. The molecule has 0 N–H and O–H groups in total. The Kier molecular flexibility index (Phi) is 5.92. The van der Waals surface area contributed by atoms with E-state index in [0.29, 0.717) is 12.3 Å². The molecular formula is C21H24ClNO. The summed E-state index contributed by atoms with van der Waals surface area (Å²) in [7, 11) is 0. The van der Waals surface area contributed by atoms with Crippen molar-refractivity contribution in [1.29, 1.82) is 0 Å². The van der Waals surface area contributed by atoms with Gasteiger partial charge < -0.3 is 4.90 Å². The lowest BCUT2D eigenvalue weighted by molar-refractivity contribution is -0.131. The number of nitrogens with zero attached hydrogens (tertiary/aromatic N) is 1. The molecule has 1 amide bonds. The molecule has 1 aliphatic rings. The molecular weight excluding hydrogens is 318 g/mol. The first-order valence-corrected chi connectivity index (χ1v) is 9.17. The Morgan fingerprint density at radius 3 is 2.54 bits per heavy atom. The van der Waals surface area contributed by atoms with Crippen molar-refractivity contribution in [3.63, 3.8) is 0 Å². The topological polar surface area (TPSA) is 20.3 Å². The van der Waals surface area contributed by atoms with E-state index >= 15 is 0 Å². The summed E-state index contributed by atoms with van der Waals surface area (Å²) in [6.07, 6.45) is 4.83. The van der Waals surface area contributed by atoms with E-state index in [1.807, 2.05) is 30.3 Å². The van der Waals surface area contributed by atoms with Crippen molar-refractivity contribution in [2.24, 2.45) is 0 Å². The Hall–Kier alpha value is -1.80. The Morgan fingerprint density at radius 2 is 1.79 bits per heavy atom. The maximum Gasteiger partial charge on any atom is 0.222 e. The van der Waals surface area contributed by atoms with Crippen LogP contribution in [0.1, 0.15) is 42.7 Å². The van der Waals surface area contributed by atoms with E-state index in [9.17, 15) is 4.79 Å². The molecule has 3 heteroatoms. The third-order valence-electron chi connectivity index (χ3n) is 4.84. The zero-order chi connectivity index (χ0) is 16.8. The first kappa shape index (κ1) is 17.0. The van der Waals surface area contributed by atoms with Crippen LogP contribution in [0.2, 0.25) is 5.02 Å². The summed E-state index contributed by atoms with van der Waals surface area (Å²) < 4.78 is 0. The standard InChI is InChI=1S/C21H24ClNO/c22-20-12-10-18(11-13-20)19-8-4-5-15-23(16-19)21(24)14-9-17-6-2-1-3-7-17/h1-3,6-7,10-13,19H,4-5,8-9,14-16H2. The van der Waals surface area contributed by atoms with E-state index in [2.05, 4.69) is 29.2 Å². The quantitative estimate of drug-likeness (QED) is 0.760. The molecule has 1 atom stereocenters. The van der Waals surface area contributed by atoms with Gasteiger partial charge in [0.05, 0.1) is 0 Å². The molecule has 0 aliphatic carbocycles. The van der Waals surface area contributed by atoms with Crippen LogP contribution >= 0.6 is 11.6 Å². The third kappa shape index (κ3) is 4.61. The predicted octanol–water partition coefficient (Wildman–Crippen LogP) is 5.07. The Labute approximate surface area is 149 Å². The maximum atomic E-state index is 12.7. The number of hydrogen-bond acceptors (Lipinski definition) is 1. The van der Waals surface area contributed by atoms with Gasteiger partial charge in [-0.05, 0) is 42.5 Å². The second kappa shape index (κ2) is 8.34. The van der Waals surface area contributed by atoms with Gasteiger partial charge in [0.25, 0.3) is 0 Å². The number of carbonyl (C=O) groups is 1. The fourth-order valence-corrected chi connectivity index (χ4v) is 3.56. The molecule has 2 aromatic carbocycles. The summed E-state index contributed by atoms with van der Waals surface area (Å²) in [5.41, 5.74) is 2.53. The molecule has 0 bridgehead atoms. The zero-order valence-electron chi connectivity index (χ0n) is 14.0. The number of benzene rings is 2. The van der Waals surface area contributed by atoms with Crippen LogP contribution in [0.5, 0.6) is 0 Å². The highest BCUT2D eigenvalue weighted by Crippen LogP contribution is 2.27. The Morgan fingerprint density at radius 1 is 1.04 bits per heavy atom. The molecule has 1 unspecified atom stereocenters. The summed E-state index contributed by atoms with van der Waals surface area (Å²) in [6.45, 7) is 1.72. The second-order valence-corrected chi connectivity index (χ2v) is 7.01. The van der Waals surface area contributed by atoms with Gasteiger partial charge in [-0.3, -0.25) is 4.79 Å². The smallest absolute Gasteiger partial charge is 0.222 e. The second-order valence-electron chi connectivity index (χ2n) is 6.57. The fraction of sp³-hybridized carbons (Fsp3) is 0.381. The van der Waals surface area contributed by atoms with Gasteiger partial charge >= 0.3 is 0 Å². The molecule has 0 spiro atoms. The number of hydrogen-bond donors (Lipinski definition) is 0. The molecule has 2 aromatic rings. The predicted molar refractivity (Wildman–Crippen MR) is 99.4 cm³/mol. The van der Waals surface area contributed by atoms with E-state index in [1.54, 1.807) is 0 Å². The summed E-state index contributed by atoms with van der Waals surface area (Å²) >= 11 is 6.00. The minimum absolute atomic E-state index is 0.278. The van der Waals surface area contributed by atoms with Crippen LogP contribution in [-0.4, -0.2) is 23.9 Å². The zero-order valence-corrected chi connectivity index (χ0v) is 14.7. The van der Waals surface area contributed by atoms with Gasteiger partial charge in [-0.1, -0.05) is 60.5 Å². The van der Waals surface area contributed by atoms with Gasteiger partial charge in [-0.25, -0.2) is 0 Å². The molecule has 0 aromatic heterocycles. The fourth-order valence-electron chi connectivity index (χ4n) is 3.43. The van der Waals surface area contributed by atoms with Gasteiger partial charge in [-0.2, -0.15) is 0 Å². The SMILES string of the molecule is O=C(CCc1ccccc1)N1CCCCC(c2ccc(Cl)cc2)C1. The number of likely N-dealkylation sites (tertiary alicyclic amines) is 1. The minimum atomic E-state index is 0.278. The molecule has 126 valence electrons. The molecule has 1 heterocycles. The van der Waals surface area contributed by atoms with Gasteiger partial charge in [0.2, 0.25) is 5.91 Å². The Balaban J connectivity index is 1.61.